The van der Waals surface area contributed by atoms with Gasteiger partial charge in [-0.25, -0.2) is 14.6 Å². The number of esters is 2. The average Bonchev–Trinajstić information content (AvgIpc) is 3.11. The van der Waals surface area contributed by atoms with Crippen LogP contribution < -0.4 is 5.56 Å². The number of ether oxygens (including phenoxy) is 2. The van der Waals surface area contributed by atoms with Gasteiger partial charge in [0.1, 0.15) is 5.82 Å². The van der Waals surface area contributed by atoms with Gasteiger partial charge in [0, 0.05) is 18.7 Å². The van der Waals surface area contributed by atoms with Gasteiger partial charge in [0.05, 0.1) is 34.8 Å². The zero-order valence-electron chi connectivity index (χ0n) is 19.5. The minimum atomic E-state index is -0.696. The molecule has 3 heterocycles. The van der Waals surface area contributed by atoms with Crippen molar-refractivity contribution in [2.45, 2.75) is 52.5 Å². The first-order valence-electron chi connectivity index (χ1n) is 11.3. The lowest BCUT2D eigenvalue weighted by atomic mass is 10.1. The fraction of sp³-hybridized carbons (Fsp3) is 0.400. The molecule has 0 atom stereocenters. The maximum absolute atomic E-state index is 12.9. The Kier molecular flexibility index (Phi) is 6.63. The molecule has 0 saturated carbocycles. The third-order valence-electron chi connectivity index (χ3n) is 6.24. The minimum absolute atomic E-state index is 0.101. The Morgan fingerprint density at radius 1 is 1.09 bits per heavy atom. The van der Waals surface area contributed by atoms with E-state index in [1.54, 1.807) is 24.5 Å². The maximum Gasteiger partial charge on any atom is 0.339 e. The highest BCUT2D eigenvalue weighted by Crippen LogP contribution is 2.20. The molecule has 0 radical (unpaired) electrons. The molecule has 0 fully saturated rings. The second-order valence-corrected chi connectivity index (χ2v) is 8.50. The van der Waals surface area contributed by atoms with Crippen molar-refractivity contribution < 1.29 is 23.9 Å². The first kappa shape index (κ1) is 23.4. The maximum atomic E-state index is 12.9. The lowest BCUT2D eigenvalue weighted by Crippen LogP contribution is -2.26. The van der Waals surface area contributed by atoms with Gasteiger partial charge in [-0.2, -0.15) is 0 Å². The number of ketones is 1. The van der Waals surface area contributed by atoms with E-state index in [4.69, 9.17) is 9.47 Å². The fourth-order valence-electron chi connectivity index (χ4n) is 4.45. The summed E-state index contributed by atoms with van der Waals surface area (Å²) in [4.78, 5) is 57.7. The lowest BCUT2D eigenvalue weighted by Gasteiger charge is -2.16. The highest BCUT2D eigenvalue weighted by Gasteiger charge is 2.23. The van der Waals surface area contributed by atoms with E-state index in [2.05, 4.69) is 9.97 Å². The molecule has 0 spiro atoms. The number of aromatic amines is 1. The number of benzene rings is 1. The summed E-state index contributed by atoms with van der Waals surface area (Å²) >= 11 is 0. The van der Waals surface area contributed by atoms with Crippen LogP contribution in [-0.2, 0) is 22.4 Å². The number of hydrogen-bond acceptors (Lipinski definition) is 7. The van der Waals surface area contributed by atoms with Gasteiger partial charge in [0.25, 0.3) is 5.56 Å². The Labute approximate surface area is 196 Å². The molecular formula is C25H27N3O6. The molecule has 4 rings (SSSR count). The standard InChI is InChI=1S/C25H27N3O6/c1-14-21(25(32)33-3)15(2)26-22(14)19(29)13-34-24(31)16-9-10-17-18(12-16)27-20-8-6-4-5-7-11-28(20)23(17)30/h9-10,12,26H,4-8,11,13H2,1-3H3. The number of H-pyrrole nitrogens is 1. The van der Waals surface area contributed by atoms with Crippen LogP contribution in [-0.4, -0.2) is 46.0 Å². The van der Waals surface area contributed by atoms with E-state index in [0.29, 0.717) is 34.3 Å². The van der Waals surface area contributed by atoms with Crippen LogP contribution in [0.4, 0.5) is 0 Å². The molecule has 0 bridgehead atoms. The van der Waals surface area contributed by atoms with E-state index in [0.717, 1.165) is 37.9 Å². The number of carbonyl (C=O) groups is 3. The van der Waals surface area contributed by atoms with Gasteiger partial charge in [0.2, 0.25) is 5.78 Å². The number of Topliss-reactive ketones (excluding diaryl/α,β-unsaturated/α-hetero) is 1. The highest BCUT2D eigenvalue weighted by molar-refractivity contribution is 6.03. The predicted molar refractivity (Wildman–Crippen MR) is 124 cm³/mol. The van der Waals surface area contributed by atoms with E-state index in [9.17, 15) is 19.2 Å². The van der Waals surface area contributed by atoms with Crippen molar-refractivity contribution in [3.05, 3.63) is 62.5 Å². The van der Waals surface area contributed by atoms with Crippen LogP contribution in [0.1, 0.15) is 74.0 Å². The van der Waals surface area contributed by atoms with Crippen LogP contribution in [0.5, 0.6) is 0 Å². The van der Waals surface area contributed by atoms with Crippen molar-refractivity contribution >= 4 is 28.6 Å². The molecule has 1 aromatic carbocycles. The summed E-state index contributed by atoms with van der Waals surface area (Å²) in [7, 11) is 1.27. The second-order valence-electron chi connectivity index (χ2n) is 8.50. The summed E-state index contributed by atoms with van der Waals surface area (Å²) in [5.41, 5.74) is 1.97. The molecule has 34 heavy (non-hydrogen) atoms. The Bertz CT molecular complexity index is 1350. The molecule has 1 aliphatic heterocycles. The summed E-state index contributed by atoms with van der Waals surface area (Å²) in [6, 6.07) is 4.62. The number of nitrogens with zero attached hydrogens (tertiary/aromatic N) is 2. The SMILES string of the molecule is COC(=O)c1c(C)[nH]c(C(=O)COC(=O)c2ccc3c(=O)n4c(nc3c2)CCCCCC4)c1C. The fourth-order valence-corrected chi connectivity index (χ4v) is 4.45. The number of fused-ring (bicyclic) bond motifs is 2. The van der Waals surface area contributed by atoms with E-state index in [1.165, 1.54) is 19.2 Å². The van der Waals surface area contributed by atoms with Crippen LogP contribution in [0.2, 0.25) is 0 Å². The molecule has 9 nitrogen and oxygen atoms in total. The molecule has 2 aromatic heterocycles. The van der Waals surface area contributed by atoms with Crippen molar-refractivity contribution in [2.75, 3.05) is 13.7 Å². The highest BCUT2D eigenvalue weighted by atomic mass is 16.5. The van der Waals surface area contributed by atoms with Gasteiger partial charge in [-0.15, -0.1) is 0 Å². The monoisotopic (exact) mass is 465 g/mol. The Morgan fingerprint density at radius 3 is 2.62 bits per heavy atom. The number of aromatic nitrogens is 3. The lowest BCUT2D eigenvalue weighted by molar-refractivity contribution is 0.0473. The number of methoxy groups -OCH3 is 1. The number of hydrogen-bond donors (Lipinski definition) is 1. The molecule has 0 amide bonds. The summed E-state index contributed by atoms with van der Waals surface area (Å²) in [5, 5.41) is 0.449. The minimum Gasteiger partial charge on any atom is -0.465 e. The van der Waals surface area contributed by atoms with Gasteiger partial charge in [-0.3, -0.25) is 14.2 Å². The van der Waals surface area contributed by atoms with Crippen molar-refractivity contribution in [3.63, 3.8) is 0 Å². The first-order valence-corrected chi connectivity index (χ1v) is 11.3. The molecule has 0 aliphatic carbocycles. The number of rotatable bonds is 5. The van der Waals surface area contributed by atoms with Gasteiger partial charge < -0.3 is 14.5 Å². The number of carbonyl (C=O) groups excluding carboxylic acids is 3. The van der Waals surface area contributed by atoms with E-state index in [1.807, 2.05) is 0 Å². The van der Waals surface area contributed by atoms with Crippen molar-refractivity contribution in [1.82, 2.24) is 14.5 Å². The number of aryl methyl sites for hydroxylation is 2. The molecule has 1 aliphatic rings. The topological polar surface area (TPSA) is 120 Å². The molecule has 3 aromatic rings. The molecule has 1 N–H and O–H groups in total. The number of nitrogens with one attached hydrogen (secondary N) is 1. The molecule has 0 unspecified atom stereocenters. The quantitative estimate of drug-likeness (QED) is 0.453. The smallest absolute Gasteiger partial charge is 0.339 e. The predicted octanol–water partition coefficient (Wildman–Crippen LogP) is 3.28. The normalized spacial score (nSPS) is 13.6. The summed E-state index contributed by atoms with van der Waals surface area (Å²) in [6.07, 6.45) is 4.83. The zero-order valence-corrected chi connectivity index (χ0v) is 19.5. The third-order valence-corrected chi connectivity index (χ3v) is 6.24. The summed E-state index contributed by atoms with van der Waals surface area (Å²) in [6.45, 7) is 3.44. The van der Waals surface area contributed by atoms with E-state index < -0.39 is 24.3 Å². The van der Waals surface area contributed by atoms with E-state index in [-0.39, 0.29) is 16.8 Å². The van der Waals surface area contributed by atoms with Crippen LogP contribution in [0, 0.1) is 13.8 Å². The van der Waals surface area contributed by atoms with Crippen molar-refractivity contribution in [3.8, 4) is 0 Å². The Morgan fingerprint density at radius 2 is 1.85 bits per heavy atom. The zero-order chi connectivity index (χ0) is 24.4. The Hall–Kier alpha value is -3.75. The first-order chi connectivity index (χ1) is 16.3. The Balaban J connectivity index is 1.53. The van der Waals surface area contributed by atoms with Crippen molar-refractivity contribution in [2.24, 2.45) is 0 Å². The van der Waals surface area contributed by atoms with Gasteiger partial charge in [0.15, 0.2) is 6.61 Å². The second kappa shape index (κ2) is 9.62. The van der Waals surface area contributed by atoms with Gasteiger partial charge in [-0.1, -0.05) is 12.8 Å². The summed E-state index contributed by atoms with van der Waals surface area (Å²) < 4.78 is 11.7. The van der Waals surface area contributed by atoms with Gasteiger partial charge in [-0.05, 0) is 50.5 Å². The van der Waals surface area contributed by atoms with Crippen LogP contribution in [0.3, 0.4) is 0 Å². The largest absolute Gasteiger partial charge is 0.465 e. The third kappa shape index (κ3) is 4.37. The molecule has 178 valence electrons. The van der Waals surface area contributed by atoms with Gasteiger partial charge >= 0.3 is 11.9 Å². The molecular weight excluding hydrogens is 438 g/mol. The van der Waals surface area contributed by atoms with Crippen LogP contribution in [0.15, 0.2) is 23.0 Å². The van der Waals surface area contributed by atoms with Crippen LogP contribution >= 0.6 is 0 Å². The van der Waals surface area contributed by atoms with Crippen molar-refractivity contribution in [1.29, 1.82) is 0 Å². The van der Waals surface area contributed by atoms with E-state index >= 15 is 0 Å². The molecule has 9 heteroatoms. The van der Waals surface area contributed by atoms with Crippen LogP contribution in [0.25, 0.3) is 10.9 Å². The molecule has 0 saturated heterocycles. The summed E-state index contributed by atoms with van der Waals surface area (Å²) in [5.74, 6) is -0.979. The average molecular weight is 466 g/mol.